The Balaban J connectivity index is 0.000000640. The number of para-hydroxylation sites is 1. The van der Waals surface area contributed by atoms with Crippen molar-refractivity contribution in [2.75, 3.05) is 0 Å². The van der Waals surface area contributed by atoms with Gasteiger partial charge >= 0.3 is 5.97 Å². The molecule has 1 fully saturated rings. The number of alkyl halides is 2. The molecule has 0 aromatic heterocycles. The molecule has 0 N–H and O–H groups in total. The summed E-state index contributed by atoms with van der Waals surface area (Å²) in [5.74, 6) is 1.93. The lowest BCUT2D eigenvalue weighted by molar-refractivity contribution is -0.147. The number of halogens is 2. The van der Waals surface area contributed by atoms with Crippen molar-refractivity contribution in [2.24, 2.45) is 17.3 Å². The summed E-state index contributed by atoms with van der Waals surface area (Å²) >= 11 is 10.1. The largest absolute Gasteiger partial charge is 0.461 e. The van der Waals surface area contributed by atoms with E-state index in [2.05, 4.69) is 20.8 Å². The first-order chi connectivity index (χ1) is 13.3. The summed E-state index contributed by atoms with van der Waals surface area (Å²) < 4.78 is 11.3. The molecule has 2 unspecified atom stereocenters. The molecule has 2 aromatic carbocycles. The maximum Gasteiger partial charge on any atom is 0.310 e. The normalized spacial score (nSPS) is 19.4. The molecule has 3 nitrogen and oxygen atoms in total. The second-order valence-electron chi connectivity index (χ2n) is 7.50. The maximum atomic E-state index is 12.3. The molecule has 28 heavy (non-hydrogen) atoms. The molecule has 1 aliphatic rings. The summed E-state index contributed by atoms with van der Waals surface area (Å²) in [6.07, 6.45) is 1.02. The topological polar surface area (TPSA) is 35.5 Å². The lowest BCUT2D eigenvalue weighted by atomic mass is 10.1. The molecule has 0 spiro atoms. The van der Waals surface area contributed by atoms with Crippen molar-refractivity contribution in [1.29, 1.82) is 0 Å². The first-order valence-electron chi connectivity index (χ1n) is 9.52. The molecule has 152 valence electrons. The van der Waals surface area contributed by atoms with Crippen LogP contribution < -0.4 is 4.74 Å². The average Bonchev–Trinajstić information content (AvgIpc) is 3.21. The number of hydrogen-bond acceptors (Lipinski definition) is 3. The molecule has 1 saturated carbocycles. The van der Waals surface area contributed by atoms with Crippen molar-refractivity contribution in [2.45, 2.75) is 45.6 Å². The average molecular weight is 423 g/mol. The number of esters is 1. The highest BCUT2D eigenvalue weighted by molar-refractivity contribution is 6.43. The van der Waals surface area contributed by atoms with Crippen LogP contribution in [0.15, 0.2) is 54.6 Å². The highest BCUT2D eigenvalue weighted by atomic mass is 35.5. The van der Waals surface area contributed by atoms with Gasteiger partial charge in [-0.25, -0.2) is 0 Å². The summed E-state index contributed by atoms with van der Waals surface area (Å²) in [6.45, 7) is 8.39. The molecular formula is C23H28Cl2O3. The quantitative estimate of drug-likeness (QED) is 0.370. The standard InChI is InChI=1S/C21H24O3.C2H4Cl2/c1-4-18-19(21(18,2)3)20(22)23-14-15-9-8-12-17(13-15)24-16-10-6-5-7-11-16;1-2(3)4/h5-13,18-19H,4,14H2,1-3H3;2H,1H3. The summed E-state index contributed by atoms with van der Waals surface area (Å²) in [5.41, 5.74) is 1.01. The third kappa shape index (κ3) is 6.42. The Labute approximate surface area is 177 Å². The molecule has 0 saturated heterocycles. The number of carbonyl (C=O) groups excluding carboxylic acids is 1. The van der Waals surface area contributed by atoms with Crippen molar-refractivity contribution in [3.05, 3.63) is 60.2 Å². The summed E-state index contributed by atoms with van der Waals surface area (Å²) in [4.78, 5) is 12.1. The van der Waals surface area contributed by atoms with E-state index in [4.69, 9.17) is 32.7 Å². The van der Waals surface area contributed by atoms with E-state index in [9.17, 15) is 4.79 Å². The van der Waals surface area contributed by atoms with Gasteiger partial charge in [0.15, 0.2) is 0 Å². The first kappa shape index (κ1) is 22.6. The number of ether oxygens (including phenoxy) is 2. The molecule has 3 rings (SSSR count). The minimum atomic E-state index is -0.222. The lowest BCUT2D eigenvalue weighted by Gasteiger charge is -2.09. The van der Waals surface area contributed by atoms with Crippen molar-refractivity contribution >= 4 is 29.2 Å². The van der Waals surface area contributed by atoms with Crippen molar-refractivity contribution in [1.82, 2.24) is 0 Å². The van der Waals surface area contributed by atoms with Gasteiger partial charge in [0.1, 0.15) is 22.9 Å². The van der Waals surface area contributed by atoms with E-state index in [1.165, 1.54) is 0 Å². The predicted molar refractivity (Wildman–Crippen MR) is 115 cm³/mol. The van der Waals surface area contributed by atoms with Crippen LogP contribution in [0.2, 0.25) is 0 Å². The van der Waals surface area contributed by atoms with Gasteiger partial charge < -0.3 is 9.47 Å². The zero-order chi connectivity index (χ0) is 20.7. The monoisotopic (exact) mass is 422 g/mol. The lowest BCUT2D eigenvalue weighted by Crippen LogP contribution is -2.10. The van der Waals surface area contributed by atoms with Crippen LogP contribution in [0.4, 0.5) is 0 Å². The first-order valence-corrected chi connectivity index (χ1v) is 10.4. The second-order valence-corrected chi connectivity index (χ2v) is 9.04. The molecule has 0 aliphatic heterocycles. The Kier molecular flexibility index (Phi) is 8.21. The number of carbonyl (C=O) groups is 1. The molecular weight excluding hydrogens is 395 g/mol. The van der Waals surface area contributed by atoms with Crippen molar-refractivity contribution in [3.8, 4) is 11.5 Å². The summed E-state index contributed by atoms with van der Waals surface area (Å²) in [6, 6.07) is 17.3. The minimum absolute atomic E-state index is 0.0336. The molecule has 2 atom stereocenters. The van der Waals surface area contributed by atoms with E-state index in [0.29, 0.717) is 5.92 Å². The van der Waals surface area contributed by atoms with Gasteiger partial charge in [-0.2, -0.15) is 0 Å². The molecule has 1 aliphatic carbocycles. The van der Waals surface area contributed by atoms with Gasteiger partial charge in [0.2, 0.25) is 0 Å². The Morgan fingerprint density at radius 3 is 2.25 bits per heavy atom. The Bertz CT molecular complexity index is 757. The highest BCUT2D eigenvalue weighted by Crippen LogP contribution is 2.60. The van der Waals surface area contributed by atoms with E-state index in [0.717, 1.165) is 23.5 Å². The van der Waals surface area contributed by atoms with Gasteiger partial charge in [0, 0.05) is 0 Å². The van der Waals surface area contributed by atoms with Gasteiger partial charge in [-0.1, -0.05) is 57.5 Å². The van der Waals surface area contributed by atoms with E-state index in [1.807, 2.05) is 54.6 Å². The van der Waals surface area contributed by atoms with Crippen LogP contribution in [0.1, 0.15) is 39.7 Å². The fourth-order valence-electron chi connectivity index (χ4n) is 3.54. The van der Waals surface area contributed by atoms with Crippen LogP contribution in [0.5, 0.6) is 11.5 Å². The Morgan fingerprint density at radius 1 is 1.07 bits per heavy atom. The number of rotatable bonds is 6. The third-order valence-electron chi connectivity index (χ3n) is 5.00. The van der Waals surface area contributed by atoms with E-state index >= 15 is 0 Å². The second kappa shape index (κ2) is 10.2. The van der Waals surface area contributed by atoms with Gasteiger partial charge in [0.25, 0.3) is 0 Å². The van der Waals surface area contributed by atoms with Crippen LogP contribution in [-0.4, -0.2) is 10.8 Å². The zero-order valence-electron chi connectivity index (χ0n) is 16.8. The summed E-state index contributed by atoms with van der Waals surface area (Å²) in [7, 11) is 0. The fourth-order valence-corrected chi connectivity index (χ4v) is 3.54. The molecule has 0 amide bonds. The molecule has 5 heteroatoms. The van der Waals surface area contributed by atoms with Crippen LogP contribution in [0, 0.1) is 17.3 Å². The van der Waals surface area contributed by atoms with Gasteiger partial charge in [0.05, 0.1) is 5.92 Å². The third-order valence-corrected chi connectivity index (χ3v) is 5.00. The fraction of sp³-hybridized carbons (Fsp3) is 0.435. The SMILES string of the molecule is CC(Cl)Cl.CCC1C(C(=O)OCc2cccc(Oc3ccccc3)c2)C1(C)C. The molecule has 0 bridgehead atoms. The van der Waals surface area contributed by atoms with E-state index in [-0.39, 0.29) is 28.7 Å². The predicted octanol–water partition coefficient (Wildman–Crippen LogP) is 7.01. The molecule has 0 radical (unpaired) electrons. The summed E-state index contributed by atoms with van der Waals surface area (Å²) in [5, 5.41) is 0. The number of benzene rings is 2. The van der Waals surface area contributed by atoms with Crippen molar-refractivity contribution < 1.29 is 14.3 Å². The minimum Gasteiger partial charge on any atom is -0.461 e. The van der Waals surface area contributed by atoms with Crippen LogP contribution in [0.3, 0.4) is 0 Å². The van der Waals surface area contributed by atoms with Gasteiger partial charge in [-0.15, -0.1) is 23.2 Å². The Hall–Kier alpha value is -1.71. The highest BCUT2D eigenvalue weighted by Gasteiger charge is 2.61. The number of hydrogen-bond donors (Lipinski definition) is 0. The van der Waals surface area contributed by atoms with Gasteiger partial charge in [-0.3, -0.25) is 4.79 Å². The zero-order valence-corrected chi connectivity index (χ0v) is 18.3. The van der Waals surface area contributed by atoms with Crippen molar-refractivity contribution in [3.63, 3.8) is 0 Å². The van der Waals surface area contributed by atoms with Crippen LogP contribution in [-0.2, 0) is 16.1 Å². The molecule has 2 aromatic rings. The molecule has 0 heterocycles. The van der Waals surface area contributed by atoms with Crippen LogP contribution >= 0.6 is 23.2 Å². The smallest absolute Gasteiger partial charge is 0.310 e. The van der Waals surface area contributed by atoms with E-state index in [1.54, 1.807) is 6.92 Å². The van der Waals surface area contributed by atoms with Crippen LogP contribution in [0.25, 0.3) is 0 Å². The van der Waals surface area contributed by atoms with Gasteiger partial charge in [-0.05, 0) is 48.1 Å². The maximum absolute atomic E-state index is 12.3. The Morgan fingerprint density at radius 2 is 1.68 bits per heavy atom. The van der Waals surface area contributed by atoms with E-state index < -0.39 is 0 Å².